The van der Waals surface area contributed by atoms with Crippen molar-refractivity contribution < 1.29 is 14.0 Å². The first-order chi connectivity index (χ1) is 14.0. The lowest BCUT2D eigenvalue weighted by Crippen LogP contribution is -2.40. The number of piperidine rings is 2. The van der Waals surface area contributed by atoms with Gasteiger partial charge in [0.15, 0.2) is 5.76 Å². The molecule has 6 heteroatoms. The van der Waals surface area contributed by atoms with Crippen LogP contribution in [0.25, 0.3) is 0 Å². The lowest BCUT2D eigenvalue weighted by molar-refractivity contribution is 0.0665. The Bertz CT molecular complexity index is 861. The molecule has 0 unspecified atom stereocenters. The van der Waals surface area contributed by atoms with Crippen LogP contribution in [0.2, 0.25) is 0 Å². The molecular weight excluding hydrogens is 366 g/mol. The van der Waals surface area contributed by atoms with Gasteiger partial charge >= 0.3 is 0 Å². The predicted molar refractivity (Wildman–Crippen MR) is 110 cm³/mol. The molecular formula is C23H29N3O3. The molecule has 29 heavy (non-hydrogen) atoms. The van der Waals surface area contributed by atoms with Crippen LogP contribution in [-0.4, -0.2) is 52.8 Å². The normalized spacial score (nSPS) is 18.8. The van der Waals surface area contributed by atoms with Crippen LogP contribution in [0.1, 0.15) is 70.8 Å². The van der Waals surface area contributed by atoms with Crippen molar-refractivity contribution in [1.29, 1.82) is 0 Å². The van der Waals surface area contributed by atoms with E-state index < -0.39 is 0 Å². The van der Waals surface area contributed by atoms with Gasteiger partial charge in [-0.1, -0.05) is 6.92 Å². The number of amides is 2. The highest BCUT2D eigenvalue weighted by molar-refractivity contribution is 5.95. The van der Waals surface area contributed by atoms with E-state index in [1.54, 1.807) is 12.1 Å². The van der Waals surface area contributed by atoms with Crippen molar-refractivity contribution in [3.05, 3.63) is 53.2 Å². The summed E-state index contributed by atoms with van der Waals surface area (Å²) in [5.74, 6) is 1.30. The number of rotatable bonds is 3. The number of hydrogen-bond donors (Lipinski definition) is 0. The van der Waals surface area contributed by atoms with E-state index in [0.29, 0.717) is 24.8 Å². The number of carbonyl (C=O) groups excluding carboxylic acids is 2. The number of likely N-dealkylation sites (tertiary alicyclic amines) is 2. The van der Waals surface area contributed by atoms with Crippen molar-refractivity contribution >= 4 is 11.8 Å². The summed E-state index contributed by atoms with van der Waals surface area (Å²) < 4.78 is 5.25. The van der Waals surface area contributed by atoms with E-state index in [0.717, 1.165) is 55.7 Å². The third-order valence-corrected chi connectivity index (χ3v) is 6.27. The third-order valence-electron chi connectivity index (χ3n) is 6.27. The molecule has 0 spiro atoms. The van der Waals surface area contributed by atoms with Gasteiger partial charge in [0.1, 0.15) is 0 Å². The highest BCUT2D eigenvalue weighted by Crippen LogP contribution is 2.31. The Balaban J connectivity index is 1.48. The summed E-state index contributed by atoms with van der Waals surface area (Å²) in [4.78, 5) is 34.3. The fraction of sp³-hybridized carbons (Fsp3) is 0.522. The van der Waals surface area contributed by atoms with Gasteiger partial charge < -0.3 is 14.2 Å². The summed E-state index contributed by atoms with van der Waals surface area (Å²) in [5, 5.41) is 0. The van der Waals surface area contributed by atoms with Crippen molar-refractivity contribution in [3.8, 4) is 0 Å². The van der Waals surface area contributed by atoms with E-state index in [9.17, 15) is 9.59 Å². The fourth-order valence-electron chi connectivity index (χ4n) is 4.36. The minimum absolute atomic E-state index is 0.0654. The quantitative estimate of drug-likeness (QED) is 0.791. The van der Waals surface area contributed by atoms with E-state index >= 15 is 0 Å². The molecule has 154 valence electrons. The van der Waals surface area contributed by atoms with Crippen LogP contribution in [0, 0.1) is 12.8 Å². The van der Waals surface area contributed by atoms with Crippen LogP contribution in [0.3, 0.4) is 0 Å². The van der Waals surface area contributed by atoms with Gasteiger partial charge in [0, 0.05) is 37.8 Å². The summed E-state index contributed by atoms with van der Waals surface area (Å²) in [6, 6.07) is 7.31. The van der Waals surface area contributed by atoms with E-state index in [1.165, 1.54) is 6.26 Å². The number of furan rings is 1. The van der Waals surface area contributed by atoms with Gasteiger partial charge in [0.25, 0.3) is 11.8 Å². The zero-order valence-corrected chi connectivity index (χ0v) is 17.3. The van der Waals surface area contributed by atoms with E-state index in [2.05, 4.69) is 6.92 Å². The van der Waals surface area contributed by atoms with E-state index in [4.69, 9.17) is 9.40 Å². The predicted octanol–water partition coefficient (Wildman–Crippen LogP) is 3.87. The second-order valence-corrected chi connectivity index (χ2v) is 8.40. The Hall–Kier alpha value is -2.63. The minimum atomic E-state index is -0.0654. The zero-order valence-electron chi connectivity index (χ0n) is 17.3. The Labute approximate surface area is 171 Å². The molecule has 2 aliphatic heterocycles. The molecule has 2 saturated heterocycles. The maximum atomic E-state index is 13.2. The number of aromatic nitrogens is 1. The molecule has 2 fully saturated rings. The lowest BCUT2D eigenvalue weighted by Gasteiger charge is -2.34. The SMILES string of the molecule is Cc1ccc(C(=O)N2CCC(C)CC2)c(C2CCN(C(=O)c3ccco3)CC2)n1. The minimum Gasteiger partial charge on any atom is -0.459 e. The van der Waals surface area contributed by atoms with Gasteiger partial charge in [-0.3, -0.25) is 14.6 Å². The number of aryl methyl sites for hydroxylation is 1. The van der Waals surface area contributed by atoms with Gasteiger partial charge in [-0.25, -0.2) is 0 Å². The van der Waals surface area contributed by atoms with E-state index in [-0.39, 0.29) is 17.7 Å². The molecule has 2 aliphatic rings. The highest BCUT2D eigenvalue weighted by atomic mass is 16.3. The first kappa shape index (κ1) is 19.7. The maximum absolute atomic E-state index is 13.2. The smallest absolute Gasteiger partial charge is 0.289 e. The summed E-state index contributed by atoms with van der Waals surface area (Å²) in [7, 11) is 0. The summed E-state index contributed by atoms with van der Waals surface area (Å²) in [6.07, 6.45) is 5.26. The Morgan fingerprint density at radius 3 is 2.28 bits per heavy atom. The molecule has 4 heterocycles. The topological polar surface area (TPSA) is 66.7 Å². The van der Waals surface area contributed by atoms with Crippen LogP contribution in [-0.2, 0) is 0 Å². The monoisotopic (exact) mass is 395 g/mol. The van der Waals surface area contributed by atoms with Crippen LogP contribution in [0.15, 0.2) is 34.9 Å². The average molecular weight is 396 g/mol. The largest absolute Gasteiger partial charge is 0.459 e. The number of carbonyl (C=O) groups is 2. The second kappa shape index (κ2) is 8.39. The third kappa shape index (κ3) is 4.21. The Morgan fingerprint density at radius 1 is 0.966 bits per heavy atom. The molecule has 2 aromatic rings. The summed E-state index contributed by atoms with van der Waals surface area (Å²) in [5.41, 5.74) is 2.57. The van der Waals surface area contributed by atoms with Crippen LogP contribution >= 0.6 is 0 Å². The van der Waals surface area contributed by atoms with Crippen LogP contribution in [0.5, 0.6) is 0 Å². The average Bonchev–Trinajstić information content (AvgIpc) is 3.28. The van der Waals surface area contributed by atoms with Gasteiger partial charge in [0.2, 0.25) is 0 Å². The molecule has 0 bridgehead atoms. The van der Waals surface area contributed by atoms with Crippen molar-refractivity contribution in [2.45, 2.75) is 45.4 Å². The second-order valence-electron chi connectivity index (χ2n) is 8.40. The summed E-state index contributed by atoms with van der Waals surface area (Å²) >= 11 is 0. The maximum Gasteiger partial charge on any atom is 0.289 e. The van der Waals surface area contributed by atoms with Crippen molar-refractivity contribution in [2.75, 3.05) is 26.2 Å². The molecule has 2 aromatic heterocycles. The lowest BCUT2D eigenvalue weighted by atomic mass is 9.89. The van der Waals surface area contributed by atoms with Gasteiger partial charge in [-0.15, -0.1) is 0 Å². The van der Waals surface area contributed by atoms with Crippen LogP contribution in [0.4, 0.5) is 0 Å². The summed E-state index contributed by atoms with van der Waals surface area (Å²) in [6.45, 7) is 7.16. The molecule has 0 aromatic carbocycles. The number of nitrogens with zero attached hydrogens (tertiary/aromatic N) is 3. The molecule has 6 nitrogen and oxygen atoms in total. The van der Waals surface area contributed by atoms with Crippen molar-refractivity contribution in [2.24, 2.45) is 5.92 Å². The Kier molecular flexibility index (Phi) is 5.69. The first-order valence-corrected chi connectivity index (χ1v) is 10.6. The van der Waals surface area contributed by atoms with Gasteiger partial charge in [0.05, 0.1) is 17.5 Å². The first-order valence-electron chi connectivity index (χ1n) is 10.6. The molecule has 0 radical (unpaired) electrons. The molecule has 0 N–H and O–H groups in total. The molecule has 2 amide bonds. The molecule has 0 saturated carbocycles. The number of hydrogen-bond acceptors (Lipinski definition) is 4. The standard InChI is InChI=1S/C23H29N3O3/c1-16-7-11-25(12-8-16)22(27)19-6-5-17(2)24-21(19)18-9-13-26(14-10-18)23(28)20-4-3-15-29-20/h3-6,15-16,18H,7-14H2,1-2H3. The Morgan fingerprint density at radius 2 is 1.62 bits per heavy atom. The number of pyridine rings is 1. The highest BCUT2D eigenvalue weighted by Gasteiger charge is 2.31. The molecule has 4 rings (SSSR count). The molecule has 0 atom stereocenters. The van der Waals surface area contributed by atoms with Gasteiger partial charge in [-0.2, -0.15) is 0 Å². The van der Waals surface area contributed by atoms with Crippen LogP contribution < -0.4 is 0 Å². The van der Waals surface area contributed by atoms with Crippen molar-refractivity contribution in [3.63, 3.8) is 0 Å². The van der Waals surface area contributed by atoms with E-state index in [1.807, 2.05) is 28.9 Å². The molecule has 0 aliphatic carbocycles. The van der Waals surface area contributed by atoms with Gasteiger partial charge in [-0.05, 0) is 62.8 Å². The zero-order chi connectivity index (χ0) is 20.4. The fourth-order valence-corrected chi connectivity index (χ4v) is 4.36. The van der Waals surface area contributed by atoms with Crippen molar-refractivity contribution in [1.82, 2.24) is 14.8 Å².